The summed E-state index contributed by atoms with van der Waals surface area (Å²) >= 11 is 0. The molecule has 120 valence electrons. The predicted octanol–water partition coefficient (Wildman–Crippen LogP) is 2.32. The second-order valence-corrected chi connectivity index (χ2v) is 5.13. The number of rotatable bonds is 4. The molecule has 0 unspecified atom stereocenters. The standard InChI is InChI=1S/C15H16N4O4/c1-11-8-12(19(20)21)2-3-14(11)23-13-9-16-15(17-10-13)18-4-6-22-7-5-18/h2-3,8-10H,4-7H2,1H3. The van der Waals surface area contributed by atoms with Gasteiger partial charge in [-0.05, 0) is 18.6 Å². The van der Waals surface area contributed by atoms with Crippen LogP contribution < -0.4 is 9.64 Å². The van der Waals surface area contributed by atoms with Crippen LogP contribution in [0, 0.1) is 17.0 Å². The quantitative estimate of drug-likeness (QED) is 0.631. The van der Waals surface area contributed by atoms with Crippen LogP contribution in [0.3, 0.4) is 0 Å². The molecule has 1 aromatic carbocycles. The van der Waals surface area contributed by atoms with E-state index in [-0.39, 0.29) is 5.69 Å². The minimum Gasteiger partial charge on any atom is -0.454 e. The highest BCUT2D eigenvalue weighted by Crippen LogP contribution is 2.27. The zero-order valence-electron chi connectivity index (χ0n) is 12.6. The Hall–Kier alpha value is -2.74. The van der Waals surface area contributed by atoms with Gasteiger partial charge in [0, 0.05) is 25.2 Å². The van der Waals surface area contributed by atoms with E-state index in [2.05, 4.69) is 9.97 Å². The van der Waals surface area contributed by atoms with Gasteiger partial charge in [-0.1, -0.05) is 0 Å². The number of morpholine rings is 1. The van der Waals surface area contributed by atoms with Gasteiger partial charge < -0.3 is 14.4 Å². The van der Waals surface area contributed by atoms with Crippen LogP contribution in [0.5, 0.6) is 11.5 Å². The lowest BCUT2D eigenvalue weighted by molar-refractivity contribution is -0.384. The summed E-state index contributed by atoms with van der Waals surface area (Å²) in [5.41, 5.74) is 0.713. The van der Waals surface area contributed by atoms with E-state index in [0.717, 1.165) is 13.1 Å². The molecule has 2 aromatic rings. The van der Waals surface area contributed by atoms with Crippen LogP contribution in [0.4, 0.5) is 11.6 Å². The lowest BCUT2D eigenvalue weighted by Crippen LogP contribution is -2.37. The highest BCUT2D eigenvalue weighted by molar-refractivity contribution is 5.44. The molecule has 2 heterocycles. The van der Waals surface area contributed by atoms with Gasteiger partial charge in [0.15, 0.2) is 5.75 Å². The van der Waals surface area contributed by atoms with Crippen LogP contribution in [-0.4, -0.2) is 41.2 Å². The first-order chi connectivity index (χ1) is 11.1. The third-order valence-corrected chi connectivity index (χ3v) is 3.51. The summed E-state index contributed by atoms with van der Waals surface area (Å²) in [6.45, 7) is 4.63. The van der Waals surface area contributed by atoms with Crippen molar-refractivity contribution in [3.8, 4) is 11.5 Å². The molecule has 0 saturated carbocycles. The fourth-order valence-corrected chi connectivity index (χ4v) is 2.28. The van der Waals surface area contributed by atoms with E-state index in [4.69, 9.17) is 9.47 Å². The van der Waals surface area contributed by atoms with Crippen LogP contribution in [0.25, 0.3) is 0 Å². The predicted molar refractivity (Wildman–Crippen MR) is 83.0 cm³/mol. The number of aromatic nitrogens is 2. The molecular formula is C15H16N4O4. The first-order valence-corrected chi connectivity index (χ1v) is 7.21. The number of aryl methyl sites for hydroxylation is 1. The molecule has 1 aliphatic rings. The highest BCUT2D eigenvalue weighted by Gasteiger charge is 2.14. The Balaban J connectivity index is 1.72. The number of nitro groups is 1. The van der Waals surface area contributed by atoms with Crippen LogP contribution >= 0.6 is 0 Å². The van der Waals surface area contributed by atoms with Gasteiger partial charge in [-0.15, -0.1) is 0 Å². The minimum atomic E-state index is -0.434. The number of hydrogen-bond donors (Lipinski definition) is 0. The Morgan fingerprint density at radius 3 is 2.57 bits per heavy atom. The van der Waals surface area contributed by atoms with Gasteiger partial charge in [0.25, 0.3) is 5.69 Å². The van der Waals surface area contributed by atoms with Gasteiger partial charge >= 0.3 is 0 Å². The van der Waals surface area contributed by atoms with E-state index in [9.17, 15) is 10.1 Å². The van der Waals surface area contributed by atoms with Crippen LogP contribution in [0.15, 0.2) is 30.6 Å². The second kappa shape index (κ2) is 6.57. The van der Waals surface area contributed by atoms with Crippen molar-refractivity contribution >= 4 is 11.6 Å². The average molecular weight is 316 g/mol. The lowest BCUT2D eigenvalue weighted by Gasteiger charge is -2.26. The van der Waals surface area contributed by atoms with Crippen molar-refractivity contribution in [2.24, 2.45) is 0 Å². The molecule has 0 spiro atoms. The molecule has 3 rings (SSSR count). The van der Waals surface area contributed by atoms with Gasteiger partial charge in [-0.25, -0.2) is 9.97 Å². The van der Waals surface area contributed by atoms with Crippen LogP contribution in [-0.2, 0) is 4.74 Å². The van der Waals surface area contributed by atoms with Gasteiger partial charge in [-0.2, -0.15) is 0 Å². The molecule has 0 atom stereocenters. The number of nitro benzene ring substituents is 1. The smallest absolute Gasteiger partial charge is 0.269 e. The van der Waals surface area contributed by atoms with E-state index < -0.39 is 4.92 Å². The normalized spacial score (nSPS) is 14.6. The first kappa shape index (κ1) is 15.2. The summed E-state index contributed by atoms with van der Waals surface area (Å²) in [6, 6.07) is 4.45. The van der Waals surface area contributed by atoms with Crippen molar-refractivity contribution in [1.82, 2.24) is 9.97 Å². The molecule has 1 fully saturated rings. The fourth-order valence-electron chi connectivity index (χ4n) is 2.28. The van der Waals surface area contributed by atoms with E-state index in [1.165, 1.54) is 12.1 Å². The maximum absolute atomic E-state index is 10.7. The van der Waals surface area contributed by atoms with Crippen molar-refractivity contribution in [3.05, 3.63) is 46.3 Å². The molecule has 8 heteroatoms. The van der Waals surface area contributed by atoms with Crippen molar-refractivity contribution < 1.29 is 14.4 Å². The Labute approximate surface area is 132 Å². The molecule has 0 amide bonds. The van der Waals surface area contributed by atoms with Crippen molar-refractivity contribution in [1.29, 1.82) is 0 Å². The largest absolute Gasteiger partial charge is 0.454 e. The molecule has 23 heavy (non-hydrogen) atoms. The average Bonchev–Trinajstić information content (AvgIpc) is 2.58. The summed E-state index contributed by atoms with van der Waals surface area (Å²) in [6.07, 6.45) is 3.19. The van der Waals surface area contributed by atoms with Gasteiger partial charge in [-0.3, -0.25) is 10.1 Å². The zero-order chi connectivity index (χ0) is 16.2. The van der Waals surface area contributed by atoms with Crippen LogP contribution in [0.1, 0.15) is 5.56 Å². The van der Waals surface area contributed by atoms with E-state index >= 15 is 0 Å². The van der Waals surface area contributed by atoms with Crippen molar-refractivity contribution in [3.63, 3.8) is 0 Å². The number of ether oxygens (including phenoxy) is 2. The molecule has 1 saturated heterocycles. The number of nitrogens with zero attached hydrogens (tertiary/aromatic N) is 4. The summed E-state index contributed by atoms with van der Waals surface area (Å²) in [7, 11) is 0. The lowest BCUT2D eigenvalue weighted by atomic mass is 10.2. The summed E-state index contributed by atoms with van der Waals surface area (Å²) < 4.78 is 11.0. The maximum atomic E-state index is 10.7. The molecule has 8 nitrogen and oxygen atoms in total. The molecule has 0 bridgehead atoms. The van der Waals surface area contributed by atoms with E-state index in [1.807, 2.05) is 4.90 Å². The van der Waals surface area contributed by atoms with E-state index in [0.29, 0.717) is 36.2 Å². The number of non-ortho nitro benzene ring substituents is 1. The van der Waals surface area contributed by atoms with Crippen molar-refractivity contribution in [2.75, 3.05) is 31.2 Å². The van der Waals surface area contributed by atoms with Crippen molar-refractivity contribution in [2.45, 2.75) is 6.92 Å². The fraction of sp³-hybridized carbons (Fsp3) is 0.333. The monoisotopic (exact) mass is 316 g/mol. The van der Waals surface area contributed by atoms with Gasteiger partial charge in [0.05, 0.1) is 30.5 Å². The number of hydrogen-bond acceptors (Lipinski definition) is 7. The highest BCUT2D eigenvalue weighted by atomic mass is 16.6. The first-order valence-electron chi connectivity index (χ1n) is 7.21. The van der Waals surface area contributed by atoms with Gasteiger partial charge in [0.2, 0.25) is 5.95 Å². The summed E-state index contributed by atoms with van der Waals surface area (Å²) in [4.78, 5) is 21.0. The maximum Gasteiger partial charge on any atom is 0.269 e. The third-order valence-electron chi connectivity index (χ3n) is 3.51. The second-order valence-electron chi connectivity index (χ2n) is 5.13. The van der Waals surface area contributed by atoms with Gasteiger partial charge in [0.1, 0.15) is 5.75 Å². The minimum absolute atomic E-state index is 0.0359. The third kappa shape index (κ3) is 3.54. The topological polar surface area (TPSA) is 90.6 Å². The summed E-state index contributed by atoms with van der Waals surface area (Å²) in [5, 5.41) is 10.7. The Kier molecular flexibility index (Phi) is 4.33. The molecule has 0 radical (unpaired) electrons. The zero-order valence-corrected chi connectivity index (χ0v) is 12.6. The van der Waals surface area contributed by atoms with Crippen LogP contribution in [0.2, 0.25) is 0 Å². The molecule has 0 N–H and O–H groups in total. The van der Waals surface area contributed by atoms with E-state index in [1.54, 1.807) is 25.4 Å². The molecular weight excluding hydrogens is 300 g/mol. The molecule has 1 aliphatic heterocycles. The Bertz CT molecular complexity index is 699. The Morgan fingerprint density at radius 1 is 1.26 bits per heavy atom. The number of anilines is 1. The molecule has 1 aromatic heterocycles. The Morgan fingerprint density at radius 2 is 1.96 bits per heavy atom. The SMILES string of the molecule is Cc1cc([N+](=O)[O-])ccc1Oc1cnc(N2CCOCC2)nc1. The summed E-state index contributed by atoms with van der Waals surface area (Å²) in [5.74, 6) is 1.67. The number of benzene rings is 1. The molecule has 0 aliphatic carbocycles.